The van der Waals surface area contributed by atoms with Gasteiger partial charge in [-0.15, -0.1) is 0 Å². The van der Waals surface area contributed by atoms with Crippen molar-refractivity contribution in [2.75, 3.05) is 13.7 Å². The summed E-state index contributed by atoms with van der Waals surface area (Å²) in [6.45, 7) is 2.26. The van der Waals surface area contributed by atoms with Gasteiger partial charge in [-0.1, -0.05) is 91.0 Å². The number of likely N-dealkylation sites (N-methyl/N-ethyl adjacent to an activating group) is 1. The van der Waals surface area contributed by atoms with Gasteiger partial charge in [0.25, 0.3) is 0 Å². The first kappa shape index (κ1) is 19.0. The molecule has 0 spiro atoms. The zero-order chi connectivity index (χ0) is 20.3. The largest absolute Gasteiger partial charge is 0.375 e. The summed E-state index contributed by atoms with van der Waals surface area (Å²) in [5.41, 5.74) is 6.63. The molecule has 0 fully saturated rings. The van der Waals surface area contributed by atoms with Gasteiger partial charge in [-0.3, -0.25) is 4.90 Å². The molecule has 0 aliphatic carbocycles. The highest BCUT2D eigenvalue weighted by Crippen LogP contribution is 2.36. The summed E-state index contributed by atoms with van der Waals surface area (Å²) in [4.78, 5) is 2.45. The van der Waals surface area contributed by atoms with Gasteiger partial charge in [0.1, 0.15) is 0 Å². The van der Waals surface area contributed by atoms with Crippen LogP contribution in [0.2, 0.25) is 0 Å². The second kappa shape index (κ2) is 8.43. The number of hydrogen-bond donors (Lipinski definition) is 0. The Labute approximate surface area is 178 Å². The Morgan fingerprint density at radius 3 is 2.47 bits per heavy atom. The van der Waals surface area contributed by atoms with Crippen LogP contribution in [-0.4, -0.2) is 24.6 Å². The van der Waals surface area contributed by atoms with E-state index in [1.807, 2.05) is 0 Å². The molecule has 0 bridgehead atoms. The van der Waals surface area contributed by atoms with Crippen LogP contribution in [0.15, 0.2) is 91.0 Å². The van der Waals surface area contributed by atoms with Crippen LogP contribution in [0.4, 0.5) is 0 Å². The third-order valence-electron chi connectivity index (χ3n) is 6.23. The van der Waals surface area contributed by atoms with E-state index in [0.29, 0.717) is 12.6 Å². The van der Waals surface area contributed by atoms with Crippen molar-refractivity contribution in [2.24, 2.45) is 0 Å². The van der Waals surface area contributed by atoms with E-state index in [-0.39, 0.29) is 0 Å². The molecule has 4 aromatic carbocycles. The Morgan fingerprint density at radius 2 is 1.57 bits per heavy atom. The molecular weight excluding hydrogens is 366 g/mol. The summed E-state index contributed by atoms with van der Waals surface area (Å²) in [5, 5.41) is 2.58. The lowest BCUT2D eigenvalue weighted by Gasteiger charge is -2.31. The minimum Gasteiger partial charge on any atom is -0.375 e. The molecule has 0 saturated heterocycles. The van der Waals surface area contributed by atoms with E-state index in [4.69, 9.17) is 4.74 Å². The van der Waals surface area contributed by atoms with Gasteiger partial charge in [-0.05, 0) is 52.1 Å². The average molecular weight is 394 g/mol. The molecule has 0 saturated carbocycles. The van der Waals surface area contributed by atoms with Crippen molar-refractivity contribution in [3.63, 3.8) is 0 Å². The molecular formula is C28H27NO. The maximum absolute atomic E-state index is 6.31. The Balaban J connectivity index is 1.58. The van der Waals surface area contributed by atoms with Crippen molar-refractivity contribution in [1.29, 1.82) is 0 Å². The van der Waals surface area contributed by atoms with E-state index in [1.165, 1.54) is 38.6 Å². The Bertz CT molecular complexity index is 1150. The van der Waals surface area contributed by atoms with Crippen LogP contribution in [0.5, 0.6) is 0 Å². The van der Waals surface area contributed by atoms with Crippen molar-refractivity contribution < 1.29 is 4.74 Å². The predicted molar refractivity (Wildman–Crippen MR) is 124 cm³/mol. The van der Waals surface area contributed by atoms with E-state index in [1.54, 1.807) is 0 Å². The molecule has 0 radical (unpaired) electrons. The summed E-state index contributed by atoms with van der Waals surface area (Å²) in [7, 11) is 2.22. The average Bonchev–Trinajstić information content (AvgIpc) is 2.79. The van der Waals surface area contributed by atoms with Crippen LogP contribution in [-0.2, 0) is 24.3 Å². The molecule has 0 aromatic heterocycles. The molecule has 30 heavy (non-hydrogen) atoms. The molecule has 1 aliphatic rings. The quantitative estimate of drug-likeness (QED) is 0.409. The SMILES string of the molecule is CN1Cc2ccccc2-c2c(ccc3ccccc23)COC[C@@H]1Cc1ccccc1. The highest BCUT2D eigenvalue weighted by Gasteiger charge is 2.21. The zero-order valence-electron chi connectivity index (χ0n) is 17.4. The lowest BCUT2D eigenvalue weighted by atomic mass is 9.90. The standard InChI is InChI=1S/C28H27NO/c1-29-18-23-12-6-8-14-27(23)28-24(16-15-22-11-5-7-13-26(22)28)19-30-20-25(29)17-21-9-3-2-4-10-21/h2-16,25H,17-20H2,1H3/t25-/m0/s1. The smallest absolute Gasteiger partial charge is 0.0723 e. The van der Waals surface area contributed by atoms with Crippen LogP contribution in [0, 0.1) is 0 Å². The fraction of sp³-hybridized carbons (Fsp3) is 0.214. The minimum absolute atomic E-state index is 0.336. The van der Waals surface area contributed by atoms with Crippen molar-refractivity contribution >= 4 is 10.8 Å². The lowest BCUT2D eigenvalue weighted by molar-refractivity contribution is 0.0571. The monoisotopic (exact) mass is 393 g/mol. The molecule has 5 rings (SSSR count). The number of hydrogen-bond acceptors (Lipinski definition) is 2. The Hall–Kier alpha value is -2.94. The first-order valence-electron chi connectivity index (χ1n) is 10.7. The summed E-state index contributed by atoms with van der Waals surface area (Å²) in [6.07, 6.45) is 0.990. The summed E-state index contributed by atoms with van der Waals surface area (Å²) >= 11 is 0. The van der Waals surface area contributed by atoms with Gasteiger partial charge in [0.2, 0.25) is 0 Å². The van der Waals surface area contributed by atoms with Gasteiger partial charge in [0.15, 0.2) is 0 Å². The van der Waals surface area contributed by atoms with Crippen LogP contribution >= 0.6 is 0 Å². The van der Waals surface area contributed by atoms with Crippen molar-refractivity contribution in [1.82, 2.24) is 4.90 Å². The molecule has 1 atom stereocenters. The van der Waals surface area contributed by atoms with E-state index in [2.05, 4.69) is 103 Å². The van der Waals surface area contributed by atoms with Crippen molar-refractivity contribution in [3.8, 4) is 11.1 Å². The number of ether oxygens (including phenoxy) is 1. The maximum Gasteiger partial charge on any atom is 0.0723 e. The summed E-state index contributed by atoms with van der Waals surface area (Å²) < 4.78 is 6.31. The predicted octanol–water partition coefficient (Wildman–Crippen LogP) is 6.08. The van der Waals surface area contributed by atoms with Crippen LogP contribution in [0.3, 0.4) is 0 Å². The normalized spacial score (nSPS) is 17.3. The van der Waals surface area contributed by atoms with Gasteiger partial charge in [0, 0.05) is 12.6 Å². The van der Waals surface area contributed by atoms with E-state index in [9.17, 15) is 0 Å². The maximum atomic E-state index is 6.31. The van der Waals surface area contributed by atoms with Gasteiger partial charge in [-0.25, -0.2) is 0 Å². The van der Waals surface area contributed by atoms with Crippen molar-refractivity contribution in [3.05, 3.63) is 108 Å². The molecule has 150 valence electrons. The molecule has 0 unspecified atom stereocenters. The van der Waals surface area contributed by atoms with Crippen molar-refractivity contribution in [2.45, 2.75) is 25.6 Å². The van der Waals surface area contributed by atoms with Crippen LogP contribution in [0.1, 0.15) is 16.7 Å². The first-order valence-corrected chi connectivity index (χ1v) is 10.7. The second-order valence-corrected chi connectivity index (χ2v) is 8.25. The number of rotatable bonds is 2. The molecule has 2 nitrogen and oxygen atoms in total. The molecule has 0 amide bonds. The number of fused-ring (bicyclic) bond motifs is 5. The van der Waals surface area contributed by atoms with E-state index in [0.717, 1.165) is 19.6 Å². The number of nitrogens with zero attached hydrogens (tertiary/aromatic N) is 1. The van der Waals surface area contributed by atoms with Gasteiger partial charge in [-0.2, -0.15) is 0 Å². The topological polar surface area (TPSA) is 12.5 Å². The molecule has 2 heteroatoms. The third-order valence-corrected chi connectivity index (χ3v) is 6.23. The fourth-order valence-corrected chi connectivity index (χ4v) is 4.59. The van der Waals surface area contributed by atoms with Crippen LogP contribution < -0.4 is 0 Å². The first-order chi connectivity index (χ1) is 14.8. The van der Waals surface area contributed by atoms with Gasteiger partial charge >= 0.3 is 0 Å². The summed E-state index contributed by atoms with van der Waals surface area (Å²) in [6, 6.07) is 33.1. The number of benzene rings is 4. The Kier molecular flexibility index (Phi) is 5.35. The molecule has 0 N–H and O–H groups in total. The molecule has 1 heterocycles. The van der Waals surface area contributed by atoms with Crippen LogP contribution in [0.25, 0.3) is 21.9 Å². The summed E-state index contributed by atoms with van der Waals surface area (Å²) in [5.74, 6) is 0. The second-order valence-electron chi connectivity index (χ2n) is 8.25. The zero-order valence-corrected chi connectivity index (χ0v) is 17.4. The fourth-order valence-electron chi connectivity index (χ4n) is 4.59. The van der Waals surface area contributed by atoms with E-state index >= 15 is 0 Å². The highest BCUT2D eigenvalue weighted by atomic mass is 16.5. The van der Waals surface area contributed by atoms with E-state index < -0.39 is 0 Å². The lowest BCUT2D eigenvalue weighted by Crippen LogP contribution is -2.37. The minimum atomic E-state index is 0.336. The Morgan fingerprint density at radius 1 is 0.800 bits per heavy atom. The van der Waals surface area contributed by atoms with Gasteiger partial charge in [0.05, 0.1) is 13.2 Å². The molecule has 4 aromatic rings. The van der Waals surface area contributed by atoms with Gasteiger partial charge < -0.3 is 4.74 Å². The molecule has 1 aliphatic heterocycles. The third kappa shape index (κ3) is 3.77. The highest BCUT2D eigenvalue weighted by molar-refractivity contribution is 5.99.